The molecule has 1 N–H and O–H groups in total. The van der Waals surface area contributed by atoms with E-state index < -0.39 is 16.1 Å². The van der Waals surface area contributed by atoms with Gasteiger partial charge in [0.1, 0.15) is 0 Å². The predicted octanol–water partition coefficient (Wildman–Crippen LogP) is -0.590. The second-order valence-electron chi connectivity index (χ2n) is 1.04. The van der Waals surface area contributed by atoms with E-state index in [4.69, 9.17) is 5.26 Å². The smallest absolute Gasteiger partial charge is 0.317 e. The van der Waals surface area contributed by atoms with E-state index in [1.165, 1.54) is 7.11 Å². The van der Waals surface area contributed by atoms with Crippen molar-refractivity contribution in [1.29, 1.82) is 0 Å². The van der Waals surface area contributed by atoms with Crippen LogP contribution in [0.5, 0.6) is 0 Å². The molecule has 0 aliphatic carbocycles. The maximum atomic E-state index is 10.0. The minimum atomic E-state index is -3.84. The maximum absolute atomic E-state index is 10.0. The van der Waals surface area contributed by atoms with Gasteiger partial charge in [-0.15, -0.1) is 4.33 Å². The van der Waals surface area contributed by atoms with Gasteiger partial charge in [0.15, 0.2) is 5.94 Å². The first kappa shape index (κ1) is 7.83. The van der Waals surface area contributed by atoms with Crippen molar-refractivity contribution in [2.45, 2.75) is 0 Å². The van der Waals surface area contributed by atoms with Crippen molar-refractivity contribution in [1.82, 2.24) is 0 Å². The molecule has 0 amide bonds. The third-order valence-electron chi connectivity index (χ3n) is 0.376. The quantitative estimate of drug-likeness (QED) is 0.421. The first-order valence-electron chi connectivity index (χ1n) is 1.67. The van der Waals surface area contributed by atoms with Gasteiger partial charge in [-0.3, -0.25) is 0 Å². The molecule has 5 nitrogen and oxygen atoms in total. The lowest BCUT2D eigenvalue weighted by atomic mass is 11.5. The Morgan fingerprint density at radius 1 is 1.62 bits per heavy atom. The molecule has 0 aliphatic heterocycles. The molecular formula is C2H6O5S. The minimum absolute atomic E-state index is 0.635. The summed E-state index contributed by atoms with van der Waals surface area (Å²) in [5, 5.41) is 7.56. The predicted molar refractivity (Wildman–Crippen MR) is 24.5 cm³/mol. The Morgan fingerprint density at radius 2 is 2.12 bits per heavy atom. The van der Waals surface area contributed by atoms with E-state index in [1.54, 1.807) is 0 Å². The number of rotatable bonds is 3. The first-order chi connectivity index (χ1) is 3.62. The van der Waals surface area contributed by atoms with Crippen LogP contribution in [0.4, 0.5) is 0 Å². The SMILES string of the molecule is COCS(=O)(=O)OO. The van der Waals surface area contributed by atoms with Crippen molar-refractivity contribution in [3.8, 4) is 0 Å². The Morgan fingerprint density at radius 3 is 2.25 bits per heavy atom. The molecule has 0 aliphatic rings. The summed E-state index contributed by atoms with van der Waals surface area (Å²) in [4.78, 5) is 0. The standard InChI is InChI=1S/C2H6O5S/c1-6-2-8(4,5)7-3/h3H,2H2,1H3. The van der Waals surface area contributed by atoms with E-state index in [2.05, 4.69) is 9.07 Å². The molecule has 0 bridgehead atoms. The second kappa shape index (κ2) is 2.98. The van der Waals surface area contributed by atoms with E-state index in [9.17, 15) is 8.42 Å². The van der Waals surface area contributed by atoms with Gasteiger partial charge in [0, 0.05) is 7.11 Å². The monoisotopic (exact) mass is 142 g/mol. The fraction of sp³-hybridized carbons (Fsp3) is 1.00. The lowest BCUT2D eigenvalue weighted by molar-refractivity contribution is -0.132. The van der Waals surface area contributed by atoms with Crippen LogP contribution in [0.25, 0.3) is 0 Å². The van der Waals surface area contributed by atoms with Crippen molar-refractivity contribution in [3.63, 3.8) is 0 Å². The van der Waals surface area contributed by atoms with Crippen LogP contribution in [0, 0.1) is 0 Å². The molecule has 0 heterocycles. The highest BCUT2D eigenvalue weighted by Crippen LogP contribution is 1.87. The zero-order valence-electron chi connectivity index (χ0n) is 4.20. The largest absolute Gasteiger partial charge is 0.366 e. The molecule has 0 aromatic rings. The van der Waals surface area contributed by atoms with Gasteiger partial charge >= 0.3 is 10.1 Å². The van der Waals surface area contributed by atoms with Gasteiger partial charge in [-0.2, -0.15) is 8.42 Å². The third kappa shape index (κ3) is 2.92. The van der Waals surface area contributed by atoms with Crippen LogP contribution in [0.1, 0.15) is 0 Å². The molecule has 0 saturated heterocycles. The average molecular weight is 142 g/mol. The van der Waals surface area contributed by atoms with Crippen LogP contribution in [-0.2, 0) is 19.2 Å². The molecule has 0 atom stereocenters. The van der Waals surface area contributed by atoms with Crippen LogP contribution >= 0.6 is 0 Å². The van der Waals surface area contributed by atoms with Gasteiger partial charge in [-0.1, -0.05) is 0 Å². The lowest BCUT2D eigenvalue weighted by Gasteiger charge is -1.93. The Kier molecular flexibility index (Phi) is 2.91. The molecule has 0 aromatic heterocycles. The highest BCUT2D eigenvalue weighted by molar-refractivity contribution is 7.86. The topological polar surface area (TPSA) is 72.8 Å². The minimum Gasteiger partial charge on any atom is -0.366 e. The van der Waals surface area contributed by atoms with Crippen LogP contribution in [0.3, 0.4) is 0 Å². The van der Waals surface area contributed by atoms with E-state index in [0.717, 1.165) is 0 Å². The molecular weight excluding hydrogens is 136 g/mol. The summed E-state index contributed by atoms with van der Waals surface area (Å²) < 4.78 is 27.2. The highest BCUT2D eigenvalue weighted by atomic mass is 32.2. The van der Waals surface area contributed by atoms with Gasteiger partial charge < -0.3 is 4.74 Å². The van der Waals surface area contributed by atoms with Crippen LogP contribution in [0.2, 0.25) is 0 Å². The molecule has 6 heteroatoms. The van der Waals surface area contributed by atoms with Gasteiger partial charge in [0.25, 0.3) is 0 Å². The summed E-state index contributed by atoms with van der Waals surface area (Å²) in [6, 6.07) is 0. The van der Waals surface area contributed by atoms with Crippen molar-refractivity contribution in [2.24, 2.45) is 0 Å². The zero-order valence-corrected chi connectivity index (χ0v) is 5.01. The van der Waals surface area contributed by atoms with Crippen LogP contribution in [0.15, 0.2) is 0 Å². The summed E-state index contributed by atoms with van der Waals surface area (Å²) in [6.07, 6.45) is 0. The van der Waals surface area contributed by atoms with Gasteiger partial charge in [0.05, 0.1) is 0 Å². The Hall–Kier alpha value is -0.170. The number of ether oxygens (including phenoxy) is 1. The molecule has 50 valence electrons. The van der Waals surface area contributed by atoms with Crippen LogP contribution in [-0.4, -0.2) is 26.7 Å². The van der Waals surface area contributed by atoms with Crippen molar-refractivity contribution in [2.75, 3.05) is 13.0 Å². The molecule has 0 spiro atoms. The van der Waals surface area contributed by atoms with Crippen molar-refractivity contribution < 1.29 is 22.7 Å². The third-order valence-corrected chi connectivity index (χ3v) is 1.13. The fourth-order valence-corrected chi connectivity index (χ4v) is 0.498. The van der Waals surface area contributed by atoms with Crippen molar-refractivity contribution >= 4 is 10.1 Å². The molecule has 8 heavy (non-hydrogen) atoms. The van der Waals surface area contributed by atoms with E-state index in [1.807, 2.05) is 0 Å². The van der Waals surface area contributed by atoms with E-state index >= 15 is 0 Å². The lowest BCUT2D eigenvalue weighted by Crippen LogP contribution is -2.08. The maximum Gasteiger partial charge on any atom is 0.317 e. The molecule has 0 radical (unpaired) electrons. The summed E-state index contributed by atoms with van der Waals surface area (Å²) in [5.41, 5.74) is 0. The number of hydrogen-bond acceptors (Lipinski definition) is 5. The summed E-state index contributed by atoms with van der Waals surface area (Å²) >= 11 is 0. The normalized spacial score (nSPS) is 11.8. The van der Waals surface area contributed by atoms with E-state index in [0.29, 0.717) is 0 Å². The Bertz CT molecular complexity index is 135. The molecule has 0 rings (SSSR count). The van der Waals surface area contributed by atoms with E-state index in [-0.39, 0.29) is 0 Å². The Labute approximate surface area is 46.9 Å². The second-order valence-corrected chi connectivity index (χ2v) is 2.54. The average Bonchev–Trinajstić information content (AvgIpc) is 1.67. The number of hydrogen-bond donors (Lipinski definition) is 1. The highest BCUT2D eigenvalue weighted by Gasteiger charge is 2.07. The Balaban J connectivity index is 3.76. The van der Waals surface area contributed by atoms with Gasteiger partial charge in [-0.25, -0.2) is 5.26 Å². The fourth-order valence-electron chi connectivity index (χ4n) is 0.166. The summed E-state index contributed by atoms with van der Waals surface area (Å²) in [6.45, 7) is 0. The molecule has 0 fully saturated rings. The number of methoxy groups -OCH3 is 1. The molecule has 0 saturated carbocycles. The summed E-state index contributed by atoms with van der Waals surface area (Å²) in [7, 11) is -2.66. The van der Waals surface area contributed by atoms with Gasteiger partial charge in [0.2, 0.25) is 0 Å². The van der Waals surface area contributed by atoms with Crippen molar-refractivity contribution in [3.05, 3.63) is 0 Å². The summed E-state index contributed by atoms with van der Waals surface area (Å²) in [5.74, 6) is -0.635. The van der Waals surface area contributed by atoms with Crippen LogP contribution < -0.4 is 0 Å². The molecule has 0 aromatic carbocycles. The first-order valence-corrected chi connectivity index (χ1v) is 3.25. The van der Waals surface area contributed by atoms with Gasteiger partial charge in [-0.05, 0) is 0 Å². The molecule has 0 unspecified atom stereocenters. The zero-order chi connectivity index (χ0) is 6.62.